The second-order valence-electron chi connectivity index (χ2n) is 6.17. The minimum atomic E-state index is -0.314. The molecule has 7 heteroatoms. The van der Waals surface area contributed by atoms with Crippen LogP contribution in [0.5, 0.6) is 0 Å². The van der Waals surface area contributed by atoms with Gasteiger partial charge in [-0.3, -0.25) is 9.59 Å². The van der Waals surface area contributed by atoms with E-state index in [1.165, 1.54) is 6.07 Å². The molecule has 1 N–H and O–H groups in total. The Morgan fingerprint density at radius 1 is 1.26 bits per heavy atom. The number of amides is 1. The van der Waals surface area contributed by atoms with Gasteiger partial charge in [0.25, 0.3) is 5.56 Å². The number of rotatable bonds is 6. The predicted octanol–water partition coefficient (Wildman–Crippen LogP) is 3.70. The number of benzene rings is 2. The highest BCUT2D eigenvalue weighted by Crippen LogP contribution is 2.15. The highest BCUT2D eigenvalue weighted by atomic mass is 35.5. The predicted molar refractivity (Wildman–Crippen MR) is 103 cm³/mol. The van der Waals surface area contributed by atoms with Gasteiger partial charge in [0.15, 0.2) is 0 Å². The third kappa shape index (κ3) is 4.52. The van der Waals surface area contributed by atoms with Crippen LogP contribution in [0.3, 0.4) is 0 Å². The van der Waals surface area contributed by atoms with Crippen molar-refractivity contribution >= 4 is 28.4 Å². The third-order valence-electron chi connectivity index (χ3n) is 4.36. The Kier molecular flexibility index (Phi) is 5.86. The Morgan fingerprint density at radius 2 is 2.04 bits per heavy atom. The van der Waals surface area contributed by atoms with Crippen LogP contribution in [-0.2, 0) is 17.8 Å². The summed E-state index contributed by atoms with van der Waals surface area (Å²) in [4.78, 5) is 33.4. The minimum Gasteiger partial charge on any atom is -0.335 e. The van der Waals surface area contributed by atoms with Gasteiger partial charge in [0.05, 0.1) is 17.4 Å². The number of fused-ring (bicyclic) bond motifs is 1. The van der Waals surface area contributed by atoms with Crippen molar-refractivity contribution in [1.82, 2.24) is 14.9 Å². The summed E-state index contributed by atoms with van der Waals surface area (Å²) in [6.07, 6.45) is 0.498. The summed E-state index contributed by atoms with van der Waals surface area (Å²) in [5.74, 6) is -0.0591. The highest BCUT2D eigenvalue weighted by molar-refractivity contribution is 6.31. The zero-order valence-corrected chi connectivity index (χ0v) is 15.6. The van der Waals surface area contributed by atoms with Gasteiger partial charge in [0, 0.05) is 18.0 Å². The summed E-state index contributed by atoms with van der Waals surface area (Å²) < 4.78 is 13.7. The molecular formula is C20H19ClFN3O2. The van der Waals surface area contributed by atoms with Gasteiger partial charge in [-0.2, -0.15) is 0 Å². The number of hydrogen-bond donors (Lipinski definition) is 1. The summed E-state index contributed by atoms with van der Waals surface area (Å²) in [5, 5.41) is 0.928. The molecule has 140 valence electrons. The number of hydrogen-bond acceptors (Lipinski definition) is 3. The van der Waals surface area contributed by atoms with Crippen molar-refractivity contribution in [3.8, 4) is 0 Å². The Morgan fingerprint density at radius 3 is 2.78 bits per heavy atom. The molecule has 1 amide bonds. The monoisotopic (exact) mass is 387 g/mol. The molecule has 3 rings (SSSR count). The summed E-state index contributed by atoms with van der Waals surface area (Å²) in [7, 11) is 0. The maximum Gasteiger partial charge on any atom is 0.258 e. The van der Waals surface area contributed by atoms with E-state index in [0.29, 0.717) is 40.3 Å². The normalized spacial score (nSPS) is 10.9. The quantitative estimate of drug-likeness (QED) is 0.701. The topological polar surface area (TPSA) is 66.1 Å². The van der Waals surface area contributed by atoms with Gasteiger partial charge in [0.1, 0.15) is 11.6 Å². The van der Waals surface area contributed by atoms with Gasteiger partial charge >= 0.3 is 0 Å². The van der Waals surface area contributed by atoms with Crippen molar-refractivity contribution in [3.05, 3.63) is 75.0 Å². The van der Waals surface area contributed by atoms with Crippen molar-refractivity contribution in [1.29, 1.82) is 0 Å². The van der Waals surface area contributed by atoms with Crippen molar-refractivity contribution in [2.75, 3.05) is 6.54 Å². The molecule has 0 radical (unpaired) electrons. The van der Waals surface area contributed by atoms with E-state index in [1.807, 2.05) is 6.92 Å². The number of carbonyl (C=O) groups excluding carboxylic acids is 1. The van der Waals surface area contributed by atoms with Crippen LogP contribution >= 0.6 is 11.6 Å². The smallest absolute Gasteiger partial charge is 0.258 e. The van der Waals surface area contributed by atoms with Gasteiger partial charge < -0.3 is 9.88 Å². The number of aromatic amines is 1. The van der Waals surface area contributed by atoms with E-state index < -0.39 is 0 Å². The Hall–Kier alpha value is -2.73. The first-order chi connectivity index (χ1) is 13.0. The molecule has 5 nitrogen and oxygen atoms in total. The second-order valence-corrected chi connectivity index (χ2v) is 6.61. The molecule has 0 aliphatic heterocycles. The summed E-state index contributed by atoms with van der Waals surface area (Å²) in [5.41, 5.74) is 0.714. The lowest BCUT2D eigenvalue weighted by molar-refractivity contribution is -0.131. The van der Waals surface area contributed by atoms with E-state index in [2.05, 4.69) is 9.97 Å². The molecule has 0 saturated carbocycles. The van der Waals surface area contributed by atoms with E-state index in [4.69, 9.17) is 11.6 Å². The largest absolute Gasteiger partial charge is 0.335 e. The van der Waals surface area contributed by atoms with E-state index >= 15 is 0 Å². The molecular weight excluding hydrogens is 369 g/mol. The van der Waals surface area contributed by atoms with Gasteiger partial charge in [-0.05, 0) is 43.2 Å². The Labute approximate surface area is 160 Å². The fourth-order valence-electron chi connectivity index (χ4n) is 2.89. The molecule has 0 unspecified atom stereocenters. The maximum atomic E-state index is 13.7. The van der Waals surface area contributed by atoms with Crippen LogP contribution in [0.1, 0.15) is 24.7 Å². The first-order valence-electron chi connectivity index (χ1n) is 8.67. The van der Waals surface area contributed by atoms with Gasteiger partial charge in [-0.1, -0.05) is 29.8 Å². The van der Waals surface area contributed by atoms with E-state index in [0.717, 1.165) is 0 Å². The number of nitrogens with one attached hydrogen (secondary N) is 1. The van der Waals surface area contributed by atoms with Crippen molar-refractivity contribution in [3.63, 3.8) is 0 Å². The van der Waals surface area contributed by atoms with Crippen molar-refractivity contribution in [2.45, 2.75) is 26.3 Å². The Balaban J connectivity index is 1.74. The fourth-order valence-corrected chi connectivity index (χ4v) is 3.06. The molecule has 0 fully saturated rings. The lowest BCUT2D eigenvalue weighted by atomic mass is 10.1. The summed E-state index contributed by atoms with van der Waals surface area (Å²) in [6.45, 7) is 2.47. The SMILES string of the molecule is CCN(Cc1nc2cc(Cl)ccc2c(=O)[nH]1)C(=O)CCc1ccccc1F. The van der Waals surface area contributed by atoms with Crippen molar-refractivity contribution in [2.24, 2.45) is 0 Å². The fraction of sp³-hybridized carbons (Fsp3) is 0.250. The third-order valence-corrected chi connectivity index (χ3v) is 4.59. The van der Waals surface area contributed by atoms with Crippen LogP contribution in [0.25, 0.3) is 10.9 Å². The lowest BCUT2D eigenvalue weighted by Gasteiger charge is -2.20. The lowest BCUT2D eigenvalue weighted by Crippen LogP contribution is -2.32. The second kappa shape index (κ2) is 8.31. The van der Waals surface area contributed by atoms with Crippen LogP contribution in [-0.4, -0.2) is 27.3 Å². The number of nitrogens with zero attached hydrogens (tertiary/aromatic N) is 2. The van der Waals surface area contributed by atoms with Crippen LogP contribution in [0.4, 0.5) is 4.39 Å². The van der Waals surface area contributed by atoms with Gasteiger partial charge in [-0.25, -0.2) is 9.37 Å². The standard InChI is InChI=1S/C20H19ClFN3O2/c1-2-25(19(26)10-7-13-5-3-4-6-16(13)22)12-18-23-17-11-14(21)8-9-15(17)20(27)24-18/h3-6,8-9,11H,2,7,10,12H2,1H3,(H,23,24,27). The molecule has 0 saturated heterocycles. The highest BCUT2D eigenvalue weighted by Gasteiger charge is 2.15. The molecule has 0 aliphatic carbocycles. The molecule has 27 heavy (non-hydrogen) atoms. The average molecular weight is 388 g/mol. The van der Waals surface area contributed by atoms with Crippen LogP contribution < -0.4 is 5.56 Å². The number of halogens is 2. The van der Waals surface area contributed by atoms with Crippen LogP contribution in [0.2, 0.25) is 5.02 Å². The maximum absolute atomic E-state index is 13.7. The van der Waals surface area contributed by atoms with E-state index in [-0.39, 0.29) is 30.2 Å². The number of aromatic nitrogens is 2. The van der Waals surface area contributed by atoms with E-state index in [9.17, 15) is 14.0 Å². The average Bonchev–Trinajstić information content (AvgIpc) is 2.64. The number of H-pyrrole nitrogens is 1. The molecule has 0 aliphatic rings. The van der Waals surface area contributed by atoms with Gasteiger partial charge in [-0.15, -0.1) is 0 Å². The summed E-state index contributed by atoms with van der Waals surface area (Å²) >= 11 is 5.97. The van der Waals surface area contributed by atoms with E-state index in [1.54, 1.807) is 41.3 Å². The zero-order valence-electron chi connectivity index (χ0n) is 14.8. The molecule has 1 heterocycles. The molecule has 0 bridgehead atoms. The zero-order chi connectivity index (χ0) is 19.4. The molecule has 2 aromatic carbocycles. The minimum absolute atomic E-state index is 0.130. The molecule has 0 atom stereocenters. The molecule has 3 aromatic rings. The van der Waals surface area contributed by atoms with Crippen LogP contribution in [0.15, 0.2) is 47.3 Å². The van der Waals surface area contributed by atoms with Crippen molar-refractivity contribution < 1.29 is 9.18 Å². The Bertz CT molecular complexity index is 1040. The number of aryl methyl sites for hydroxylation is 1. The molecule has 1 aromatic heterocycles. The first-order valence-corrected chi connectivity index (χ1v) is 9.05. The van der Waals surface area contributed by atoms with Gasteiger partial charge in [0.2, 0.25) is 5.91 Å². The van der Waals surface area contributed by atoms with Crippen LogP contribution in [0, 0.1) is 5.82 Å². The first kappa shape index (κ1) is 19.0. The number of carbonyl (C=O) groups is 1. The summed E-state index contributed by atoms with van der Waals surface area (Å²) in [6, 6.07) is 11.3. The molecule has 0 spiro atoms.